The number of carbonyl (C=O) groups excluding carboxylic acids is 1. The molecule has 29 heavy (non-hydrogen) atoms. The predicted octanol–water partition coefficient (Wildman–Crippen LogP) is 4.70. The molecule has 1 amide bonds. The van der Waals surface area contributed by atoms with Gasteiger partial charge in [-0.2, -0.15) is 0 Å². The zero-order valence-electron chi connectivity index (χ0n) is 15.9. The van der Waals surface area contributed by atoms with E-state index in [1.54, 1.807) is 12.1 Å². The molecule has 0 saturated heterocycles. The molecule has 0 radical (unpaired) electrons. The van der Waals surface area contributed by atoms with Gasteiger partial charge in [-0.1, -0.05) is 48.5 Å². The van der Waals surface area contributed by atoms with Crippen LogP contribution in [0.5, 0.6) is 11.5 Å². The number of fused-ring (bicyclic) bond motifs is 1. The zero-order valence-corrected chi connectivity index (χ0v) is 15.9. The second-order valence-electron chi connectivity index (χ2n) is 6.93. The summed E-state index contributed by atoms with van der Waals surface area (Å²) in [5.74, 6) is 0.394. The van der Waals surface area contributed by atoms with Gasteiger partial charge < -0.3 is 14.8 Å². The Labute approximate surface area is 169 Å². The van der Waals surface area contributed by atoms with Gasteiger partial charge in [0.25, 0.3) is 5.91 Å². The molecule has 148 valence electrons. The Balaban J connectivity index is 1.58. The summed E-state index contributed by atoms with van der Waals surface area (Å²) in [5.41, 5.74) is 2.11. The average molecular weight is 391 g/mol. The third kappa shape index (κ3) is 4.57. The number of halogens is 1. The number of hydrogen-bond donors (Lipinski definition) is 1. The molecule has 0 aliphatic carbocycles. The number of carbonyl (C=O) groups is 1. The van der Waals surface area contributed by atoms with E-state index in [9.17, 15) is 9.18 Å². The van der Waals surface area contributed by atoms with Crippen molar-refractivity contribution in [3.63, 3.8) is 0 Å². The summed E-state index contributed by atoms with van der Waals surface area (Å²) in [6.45, 7) is 1.01. The zero-order chi connectivity index (χ0) is 20.1. The van der Waals surface area contributed by atoms with Crippen LogP contribution in [0.1, 0.15) is 33.9 Å². The van der Waals surface area contributed by atoms with Crippen LogP contribution in [0.3, 0.4) is 0 Å². The Morgan fingerprint density at radius 1 is 0.931 bits per heavy atom. The van der Waals surface area contributed by atoms with E-state index in [0.29, 0.717) is 31.1 Å². The predicted molar refractivity (Wildman–Crippen MR) is 109 cm³/mol. The summed E-state index contributed by atoms with van der Waals surface area (Å²) < 4.78 is 25.4. The van der Waals surface area contributed by atoms with Gasteiger partial charge in [0.1, 0.15) is 19.0 Å². The second-order valence-corrected chi connectivity index (χ2v) is 6.93. The smallest absolute Gasteiger partial charge is 0.254 e. The Hall–Kier alpha value is -3.34. The number of hydrogen-bond acceptors (Lipinski definition) is 3. The highest BCUT2D eigenvalue weighted by Gasteiger charge is 2.21. The lowest BCUT2D eigenvalue weighted by atomic mass is 9.98. The van der Waals surface area contributed by atoms with Crippen LogP contribution in [0.25, 0.3) is 0 Å². The number of ether oxygens (including phenoxy) is 2. The molecule has 1 heterocycles. The average Bonchev–Trinajstić information content (AvgIpc) is 2.77. The second kappa shape index (κ2) is 8.78. The molecule has 0 saturated carbocycles. The molecule has 1 aliphatic heterocycles. The molecule has 1 aliphatic rings. The Morgan fingerprint density at radius 2 is 1.66 bits per heavy atom. The van der Waals surface area contributed by atoms with Crippen LogP contribution in [-0.2, 0) is 6.42 Å². The molecule has 1 N–H and O–H groups in total. The Kier molecular flexibility index (Phi) is 5.75. The lowest BCUT2D eigenvalue weighted by Gasteiger charge is -2.23. The van der Waals surface area contributed by atoms with Crippen molar-refractivity contribution in [2.75, 3.05) is 13.2 Å². The van der Waals surface area contributed by atoms with Crippen LogP contribution in [0.15, 0.2) is 72.8 Å². The maximum atomic E-state index is 14.1. The Bertz CT molecular complexity index is 990. The van der Waals surface area contributed by atoms with Gasteiger partial charge in [-0.3, -0.25) is 4.79 Å². The van der Waals surface area contributed by atoms with Crippen molar-refractivity contribution in [2.24, 2.45) is 0 Å². The van der Waals surface area contributed by atoms with E-state index in [4.69, 9.17) is 9.47 Å². The van der Waals surface area contributed by atoms with Gasteiger partial charge in [0, 0.05) is 0 Å². The lowest BCUT2D eigenvalue weighted by Crippen LogP contribution is -2.30. The summed E-state index contributed by atoms with van der Waals surface area (Å²) >= 11 is 0. The summed E-state index contributed by atoms with van der Waals surface area (Å²) in [7, 11) is 0. The largest absolute Gasteiger partial charge is 0.486 e. The summed E-state index contributed by atoms with van der Waals surface area (Å²) in [6, 6.07) is 21.4. The van der Waals surface area contributed by atoms with E-state index in [1.165, 1.54) is 17.7 Å². The molecule has 1 unspecified atom stereocenters. The summed E-state index contributed by atoms with van der Waals surface area (Å²) in [6.07, 6.45) is 1.45. The van der Waals surface area contributed by atoms with E-state index in [2.05, 4.69) is 17.4 Å². The number of amides is 1. The first-order chi connectivity index (χ1) is 14.2. The maximum absolute atomic E-state index is 14.1. The number of nitrogens with one attached hydrogen (secondary N) is 1. The van der Waals surface area contributed by atoms with Gasteiger partial charge in [0.2, 0.25) is 0 Å². The van der Waals surface area contributed by atoms with Crippen molar-refractivity contribution in [1.82, 2.24) is 5.32 Å². The van der Waals surface area contributed by atoms with Gasteiger partial charge in [0.15, 0.2) is 11.5 Å². The summed E-state index contributed by atoms with van der Waals surface area (Å²) in [4.78, 5) is 12.7. The van der Waals surface area contributed by atoms with Gasteiger partial charge in [0.05, 0.1) is 11.6 Å². The summed E-state index contributed by atoms with van der Waals surface area (Å²) in [5, 5.41) is 2.99. The standard InChI is InChI=1S/C24H22FNO3/c25-20-9-5-4-8-19(20)24(27)26-21(12-10-17-6-2-1-3-7-17)18-11-13-22-23(16-18)29-15-14-28-22/h1-9,11,13,16,21H,10,12,14-15H2,(H,26,27). The fraction of sp³-hybridized carbons (Fsp3) is 0.208. The van der Waals surface area contributed by atoms with Crippen molar-refractivity contribution in [3.8, 4) is 11.5 Å². The van der Waals surface area contributed by atoms with Crippen molar-refractivity contribution in [2.45, 2.75) is 18.9 Å². The quantitative estimate of drug-likeness (QED) is 0.663. The number of rotatable bonds is 6. The highest BCUT2D eigenvalue weighted by molar-refractivity contribution is 5.94. The molecule has 4 rings (SSSR count). The minimum atomic E-state index is -0.533. The minimum absolute atomic E-state index is 0.0368. The fourth-order valence-electron chi connectivity index (χ4n) is 3.44. The first-order valence-corrected chi connectivity index (χ1v) is 9.69. The SMILES string of the molecule is O=C(NC(CCc1ccccc1)c1ccc2c(c1)OCCO2)c1ccccc1F. The van der Waals surface area contributed by atoms with Gasteiger partial charge in [-0.05, 0) is 48.2 Å². The number of aryl methyl sites for hydroxylation is 1. The first-order valence-electron chi connectivity index (χ1n) is 9.69. The third-order valence-corrected chi connectivity index (χ3v) is 4.96. The van der Waals surface area contributed by atoms with E-state index in [-0.39, 0.29) is 11.6 Å². The monoisotopic (exact) mass is 391 g/mol. The number of benzene rings is 3. The van der Waals surface area contributed by atoms with E-state index in [1.807, 2.05) is 36.4 Å². The highest BCUT2D eigenvalue weighted by atomic mass is 19.1. The minimum Gasteiger partial charge on any atom is -0.486 e. The lowest BCUT2D eigenvalue weighted by molar-refractivity contribution is 0.0930. The molecule has 5 heteroatoms. The molecule has 0 fully saturated rings. The topological polar surface area (TPSA) is 47.6 Å². The normalized spacial score (nSPS) is 13.6. The van der Waals surface area contributed by atoms with Crippen LogP contribution < -0.4 is 14.8 Å². The van der Waals surface area contributed by atoms with Crippen molar-refractivity contribution < 1.29 is 18.7 Å². The molecule has 4 nitrogen and oxygen atoms in total. The molecular formula is C24H22FNO3. The van der Waals surface area contributed by atoms with E-state index in [0.717, 1.165) is 12.0 Å². The molecule has 3 aromatic rings. The molecule has 0 spiro atoms. The van der Waals surface area contributed by atoms with Gasteiger partial charge in [-0.15, -0.1) is 0 Å². The van der Waals surface area contributed by atoms with Crippen LogP contribution in [0.2, 0.25) is 0 Å². The van der Waals surface area contributed by atoms with Gasteiger partial charge >= 0.3 is 0 Å². The Morgan fingerprint density at radius 3 is 2.45 bits per heavy atom. The van der Waals surface area contributed by atoms with E-state index < -0.39 is 11.7 Å². The van der Waals surface area contributed by atoms with Crippen molar-refractivity contribution >= 4 is 5.91 Å². The van der Waals surface area contributed by atoms with Crippen LogP contribution in [0, 0.1) is 5.82 Å². The van der Waals surface area contributed by atoms with Crippen LogP contribution in [0.4, 0.5) is 4.39 Å². The van der Waals surface area contributed by atoms with Crippen LogP contribution in [-0.4, -0.2) is 19.1 Å². The van der Waals surface area contributed by atoms with Crippen molar-refractivity contribution in [3.05, 3.63) is 95.3 Å². The van der Waals surface area contributed by atoms with Crippen molar-refractivity contribution in [1.29, 1.82) is 0 Å². The highest BCUT2D eigenvalue weighted by Crippen LogP contribution is 2.34. The van der Waals surface area contributed by atoms with E-state index >= 15 is 0 Å². The van der Waals surface area contributed by atoms with Gasteiger partial charge in [-0.25, -0.2) is 4.39 Å². The molecular weight excluding hydrogens is 369 g/mol. The molecule has 0 bridgehead atoms. The molecule has 3 aromatic carbocycles. The fourth-order valence-corrected chi connectivity index (χ4v) is 3.44. The molecule has 1 atom stereocenters. The van der Waals surface area contributed by atoms with Crippen LogP contribution >= 0.6 is 0 Å². The molecule has 0 aromatic heterocycles. The third-order valence-electron chi connectivity index (χ3n) is 4.96. The maximum Gasteiger partial charge on any atom is 0.254 e. The first kappa shape index (κ1) is 19.0.